The summed E-state index contributed by atoms with van der Waals surface area (Å²) in [5.41, 5.74) is 6.69. The van der Waals surface area contributed by atoms with Gasteiger partial charge in [0, 0.05) is 21.5 Å². The Morgan fingerprint density at radius 3 is 1.05 bits per heavy atom. The van der Waals surface area contributed by atoms with E-state index in [2.05, 4.69) is 143 Å². The Labute approximate surface area is 227 Å². The van der Waals surface area contributed by atoms with Gasteiger partial charge in [-0.25, -0.2) is 9.97 Å². The van der Waals surface area contributed by atoms with E-state index in [1.807, 2.05) is 0 Å². The first-order valence-electron chi connectivity index (χ1n) is 13.0. The van der Waals surface area contributed by atoms with Gasteiger partial charge in [0.25, 0.3) is 0 Å². The maximum absolute atomic E-state index is 5.13. The molecule has 4 aromatic carbocycles. The maximum Gasteiger partial charge on any atom is 0.138 e. The minimum Gasteiger partial charge on any atom is -0.294 e. The summed E-state index contributed by atoms with van der Waals surface area (Å²) in [4.78, 5) is 10.3. The lowest BCUT2D eigenvalue weighted by Crippen LogP contribution is -2.14. The zero-order valence-corrected chi connectivity index (χ0v) is 22.0. The van der Waals surface area contributed by atoms with Crippen LogP contribution in [0.25, 0.3) is 55.2 Å². The van der Waals surface area contributed by atoms with Crippen LogP contribution in [0.15, 0.2) is 133 Å². The molecule has 0 aliphatic heterocycles. The van der Waals surface area contributed by atoms with Crippen LogP contribution in [-0.4, -0.2) is 19.1 Å². The van der Waals surface area contributed by atoms with Crippen LogP contribution >= 0.6 is 8.58 Å². The monoisotopic (exact) mass is 518 g/mol. The third-order valence-electron chi connectivity index (χ3n) is 7.34. The average Bonchev–Trinajstić information content (AvgIpc) is 3.51. The third kappa shape index (κ3) is 3.57. The summed E-state index contributed by atoms with van der Waals surface area (Å²) in [5, 5.41) is 4.96. The highest BCUT2D eigenvalue weighted by atomic mass is 31.1. The Morgan fingerprint density at radius 2 is 0.692 bits per heavy atom. The molecule has 4 heterocycles. The van der Waals surface area contributed by atoms with E-state index in [0.29, 0.717) is 8.58 Å². The van der Waals surface area contributed by atoms with E-state index < -0.39 is 0 Å². The Bertz CT molecular complexity index is 1910. The Kier molecular flexibility index (Phi) is 5.07. The standard InChI is InChI=1S/C34H23N4P/c1-5-15-27-23(11-1)24-12-2-6-16-28(24)37(27)31-19-9-21-33(35-31)39-34-22-10-20-32(36-34)38-29-17-7-3-13-25(29)26-14-4-8-18-30(26)38/h1-22,39H. The first kappa shape index (κ1) is 22.2. The van der Waals surface area contributed by atoms with Crippen molar-refractivity contribution in [2.24, 2.45) is 0 Å². The van der Waals surface area contributed by atoms with Gasteiger partial charge in [0.2, 0.25) is 0 Å². The first-order valence-corrected chi connectivity index (χ1v) is 14.0. The molecule has 0 unspecified atom stereocenters. The summed E-state index contributed by atoms with van der Waals surface area (Å²) in [5.74, 6) is 1.85. The molecular formula is C34H23N4P. The van der Waals surface area contributed by atoms with Gasteiger partial charge in [0.15, 0.2) is 0 Å². The molecule has 0 saturated heterocycles. The average molecular weight is 519 g/mol. The molecule has 8 rings (SSSR count). The van der Waals surface area contributed by atoms with Crippen molar-refractivity contribution in [2.45, 2.75) is 0 Å². The molecule has 0 atom stereocenters. The van der Waals surface area contributed by atoms with Crippen molar-refractivity contribution in [3.63, 3.8) is 0 Å². The van der Waals surface area contributed by atoms with E-state index in [-0.39, 0.29) is 0 Å². The van der Waals surface area contributed by atoms with Crippen LogP contribution in [0.2, 0.25) is 0 Å². The van der Waals surface area contributed by atoms with Crippen LogP contribution < -0.4 is 10.9 Å². The van der Waals surface area contributed by atoms with Crippen molar-refractivity contribution >= 4 is 63.1 Å². The minimum atomic E-state index is 0.337. The van der Waals surface area contributed by atoms with Crippen LogP contribution in [0, 0.1) is 0 Å². The number of hydrogen-bond acceptors (Lipinski definition) is 2. The van der Waals surface area contributed by atoms with Crippen molar-refractivity contribution in [3.8, 4) is 11.6 Å². The van der Waals surface area contributed by atoms with Crippen LogP contribution in [-0.2, 0) is 0 Å². The van der Waals surface area contributed by atoms with E-state index >= 15 is 0 Å². The van der Waals surface area contributed by atoms with E-state index in [4.69, 9.17) is 9.97 Å². The molecule has 8 aromatic rings. The van der Waals surface area contributed by atoms with E-state index in [1.165, 1.54) is 21.5 Å². The number of fused-ring (bicyclic) bond motifs is 6. The highest BCUT2D eigenvalue weighted by molar-refractivity contribution is 7.54. The van der Waals surface area contributed by atoms with Gasteiger partial charge >= 0.3 is 0 Å². The molecule has 0 aliphatic carbocycles. The van der Waals surface area contributed by atoms with Gasteiger partial charge in [0.05, 0.1) is 32.9 Å². The van der Waals surface area contributed by atoms with E-state index in [9.17, 15) is 0 Å². The number of hydrogen-bond donors (Lipinski definition) is 0. The quantitative estimate of drug-likeness (QED) is 0.229. The topological polar surface area (TPSA) is 35.6 Å². The van der Waals surface area contributed by atoms with Gasteiger partial charge in [-0.15, -0.1) is 0 Å². The SMILES string of the molecule is c1cc(Pc2cccc(-n3c4ccccc4c4ccccc43)n2)nc(-n2c3ccccc3c3ccccc32)c1. The van der Waals surface area contributed by atoms with Gasteiger partial charge in [-0.1, -0.05) is 84.9 Å². The molecular weight excluding hydrogens is 495 g/mol. The van der Waals surface area contributed by atoms with Crippen molar-refractivity contribution in [3.05, 3.63) is 133 Å². The fourth-order valence-corrected chi connectivity index (χ4v) is 6.67. The highest BCUT2D eigenvalue weighted by Crippen LogP contribution is 2.32. The second-order valence-electron chi connectivity index (χ2n) is 9.63. The Hall–Kier alpha value is -4.79. The summed E-state index contributed by atoms with van der Waals surface area (Å²) >= 11 is 0. The normalized spacial score (nSPS) is 11.7. The lowest BCUT2D eigenvalue weighted by molar-refractivity contribution is 1.09. The lowest BCUT2D eigenvalue weighted by Gasteiger charge is -2.10. The van der Waals surface area contributed by atoms with Gasteiger partial charge in [-0.05, 0) is 57.1 Å². The number of benzene rings is 4. The zero-order valence-electron chi connectivity index (χ0n) is 21.0. The fraction of sp³-hybridized carbons (Fsp3) is 0. The van der Waals surface area contributed by atoms with Gasteiger partial charge in [-0.3, -0.25) is 9.13 Å². The van der Waals surface area contributed by atoms with Crippen LogP contribution in [0.5, 0.6) is 0 Å². The van der Waals surface area contributed by atoms with E-state index in [0.717, 1.165) is 44.6 Å². The van der Waals surface area contributed by atoms with Crippen LogP contribution in [0.3, 0.4) is 0 Å². The summed E-state index contributed by atoms with van der Waals surface area (Å²) in [6.07, 6.45) is 0. The third-order valence-corrected chi connectivity index (χ3v) is 8.41. The number of aromatic nitrogens is 4. The number of nitrogens with zero attached hydrogens (tertiary/aromatic N) is 4. The van der Waals surface area contributed by atoms with Crippen molar-refractivity contribution in [1.82, 2.24) is 19.1 Å². The molecule has 0 fully saturated rings. The second kappa shape index (κ2) is 8.90. The molecule has 4 aromatic heterocycles. The summed E-state index contributed by atoms with van der Waals surface area (Å²) in [7, 11) is 0.337. The Morgan fingerprint density at radius 1 is 0.359 bits per heavy atom. The van der Waals surface area contributed by atoms with Gasteiger partial charge in [-0.2, -0.15) is 0 Å². The maximum atomic E-state index is 5.13. The highest BCUT2D eigenvalue weighted by Gasteiger charge is 2.14. The predicted molar refractivity (Wildman–Crippen MR) is 165 cm³/mol. The van der Waals surface area contributed by atoms with Gasteiger partial charge in [0.1, 0.15) is 11.6 Å². The van der Waals surface area contributed by atoms with Crippen molar-refractivity contribution < 1.29 is 0 Å². The van der Waals surface area contributed by atoms with Crippen molar-refractivity contribution in [2.75, 3.05) is 0 Å². The summed E-state index contributed by atoms with van der Waals surface area (Å²) < 4.78 is 4.53. The molecule has 0 amide bonds. The molecule has 0 aliphatic rings. The molecule has 0 N–H and O–H groups in total. The predicted octanol–water partition coefficient (Wildman–Crippen LogP) is 7.30. The van der Waals surface area contributed by atoms with Crippen LogP contribution in [0.4, 0.5) is 0 Å². The molecule has 0 spiro atoms. The molecule has 184 valence electrons. The largest absolute Gasteiger partial charge is 0.294 e. The fourth-order valence-electron chi connectivity index (χ4n) is 5.70. The molecule has 4 nitrogen and oxygen atoms in total. The van der Waals surface area contributed by atoms with Crippen molar-refractivity contribution in [1.29, 1.82) is 0 Å². The molecule has 0 radical (unpaired) electrons. The van der Waals surface area contributed by atoms with Crippen LogP contribution in [0.1, 0.15) is 0 Å². The smallest absolute Gasteiger partial charge is 0.138 e. The molecule has 39 heavy (non-hydrogen) atoms. The Balaban J connectivity index is 1.22. The van der Waals surface area contributed by atoms with E-state index in [1.54, 1.807) is 0 Å². The second-order valence-corrected chi connectivity index (χ2v) is 10.9. The molecule has 0 bridgehead atoms. The number of pyridine rings is 2. The minimum absolute atomic E-state index is 0.337. The molecule has 5 heteroatoms. The lowest BCUT2D eigenvalue weighted by atomic mass is 10.2. The molecule has 0 saturated carbocycles. The summed E-state index contributed by atoms with van der Waals surface area (Å²) in [6.45, 7) is 0. The first-order chi connectivity index (χ1) is 19.3. The van der Waals surface area contributed by atoms with Gasteiger partial charge < -0.3 is 0 Å². The zero-order chi connectivity index (χ0) is 25.8. The summed E-state index contributed by atoms with van der Waals surface area (Å²) in [6, 6.07) is 46.8. The number of rotatable bonds is 4. The number of para-hydroxylation sites is 4.